The van der Waals surface area contributed by atoms with Crippen molar-refractivity contribution in [1.82, 2.24) is 14.9 Å². The van der Waals surface area contributed by atoms with Crippen LogP contribution in [0.4, 0.5) is 14.6 Å². The van der Waals surface area contributed by atoms with E-state index in [-0.39, 0.29) is 11.3 Å². The Labute approximate surface area is 196 Å². The van der Waals surface area contributed by atoms with Gasteiger partial charge in [-0.1, -0.05) is 11.6 Å². The molecule has 0 aliphatic carbocycles. The van der Waals surface area contributed by atoms with Crippen LogP contribution < -0.4 is 15.9 Å². The molecule has 0 radical (unpaired) electrons. The van der Waals surface area contributed by atoms with Crippen LogP contribution in [-0.4, -0.2) is 52.0 Å². The van der Waals surface area contributed by atoms with E-state index in [0.717, 1.165) is 46.5 Å². The molecule has 2 atom stereocenters. The normalized spacial score (nSPS) is 22.4. The van der Waals surface area contributed by atoms with E-state index in [1.807, 2.05) is 11.8 Å². The Morgan fingerprint density at radius 2 is 1.94 bits per heavy atom. The fraction of sp³-hybridized carbons (Fsp3) is 0.364. The second-order valence-electron chi connectivity index (χ2n) is 8.30. The van der Waals surface area contributed by atoms with Gasteiger partial charge in [0.25, 0.3) is 0 Å². The quantitative estimate of drug-likeness (QED) is 0.583. The minimum atomic E-state index is -0.677. The first-order valence-electron chi connectivity index (χ1n) is 10.4. The highest BCUT2D eigenvalue weighted by atomic mass is 35.5. The van der Waals surface area contributed by atoms with Gasteiger partial charge in [-0.15, -0.1) is 11.8 Å². The molecular weight excluding hydrogens is 474 g/mol. The predicted octanol–water partition coefficient (Wildman–Crippen LogP) is 3.99. The van der Waals surface area contributed by atoms with Crippen LogP contribution in [0.5, 0.6) is 0 Å². The van der Waals surface area contributed by atoms with E-state index in [4.69, 9.17) is 11.6 Å². The molecule has 2 fully saturated rings. The lowest BCUT2D eigenvalue weighted by atomic mass is 10.0. The number of nitrogens with one attached hydrogen (secondary N) is 1. The SMILES string of the molecule is O=c1nc(N2CC3CSCC(C2)N3)c2cc(Cl)c(-c3ccc(F)cc3F)c3c2n1CCS3. The van der Waals surface area contributed by atoms with Crippen LogP contribution in [0, 0.1) is 11.6 Å². The van der Waals surface area contributed by atoms with E-state index in [0.29, 0.717) is 40.8 Å². The first-order chi connectivity index (χ1) is 15.5. The average molecular weight is 493 g/mol. The van der Waals surface area contributed by atoms with Crippen LogP contribution >= 0.6 is 35.1 Å². The Balaban J connectivity index is 1.60. The van der Waals surface area contributed by atoms with Crippen molar-refractivity contribution in [3.8, 4) is 11.1 Å². The molecule has 0 saturated carbocycles. The van der Waals surface area contributed by atoms with Crippen molar-refractivity contribution >= 4 is 51.8 Å². The minimum Gasteiger partial charge on any atom is -0.353 e. The van der Waals surface area contributed by atoms with Crippen molar-refractivity contribution in [2.75, 3.05) is 35.2 Å². The monoisotopic (exact) mass is 492 g/mol. The fourth-order valence-electron chi connectivity index (χ4n) is 4.91. The zero-order valence-electron chi connectivity index (χ0n) is 16.9. The summed E-state index contributed by atoms with van der Waals surface area (Å²) < 4.78 is 29.9. The number of hydrogen-bond acceptors (Lipinski definition) is 6. The number of aromatic nitrogens is 2. The number of aryl methyl sites for hydroxylation is 1. The summed E-state index contributed by atoms with van der Waals surface area (Å²) >= 11 is 10.2. The molecule has 1 N–H and O–H groups in total. The summed E-state index contributed by atoms with van der Waals surface area (Å²) in [5.41, 5.74) is 1.16. The number of piperazine rings is 1. The van der Waals surface area contributed by atoms with E-state index < -0.39 is 11.6 Å². The van der Waals surface area contributed by atoms with Crippen molar-refractivity contribution in [2.24, 2.45) is 0 Å². The third kappa shape index (κ3) is 3.32. The first-order valence-corrected chi connectivity index (χ1v) is 13.0. The zero-order chi connectivity index (χ0) is 22.0. The van der Waals surface area contributed by atoms with Gasteiger partial charge >= 0.3 is 5.69 Å². The summed E-state index contributed by atoms with van der Waals surface area (Å²) in [6.07, 6.45) is 0. The van der Waals surface area contributed by atoms with Crippen molar-refractivity contribution in [2.45, 2.75) is 23.5 Å². The molecule has 3 aliphatic rings. The van der Waals surface area contributed by atoms with Gasteiger partial charge in [0.05, 0.1) is 10.5 Å². The molecule has 0 amide bonds. The lowest BCUT2D eigenvalue weighted by molar-refractivity contribution is 0.403. The number of thioether (sulfide) groups is 2. The average Bonchev–Trinajstić information content (AvgIpc) is 2.76. The van der Waals surface area contributed by atoms with Crippen molar-refractivity contribution in [3.05, 3.63) is 51.4 Å². The second-order valence-corrected chi connectivity index (χ2v) is 10.9. The maximum Gasteiger partial charge on any atom is 0.350 e. The van der Waals surface area contributed by atoms with Gasteiger partial charge in [-0.2, -0.15) is 16.7 Å². The van der Waals surface area contributed by atoms with Crippen molar-refractivity contribution in [3.63, 3.8) is 0 Å². The maximum absolute atomic E-state index is 14.7. The summed E-state index contributed by atoms with van der Waals surface area (Å²) in [5, 5.41) is 4.81. The fourth-order valence-corrected chi connectivity index (χ4v) is 7.57. The second kappa shape index (κ2) is 7.90. The molecule has 3 aromatic rings. The molecule has 4 heterocycles. The summed E-state index contributed by atoms with van der Waals surface area (Å²) in [5.74, 6) is 2.02. The molecule has 166 valence electrons. The van der Waals surface area contributed by atoms with Gasteiger partial charge in [0, 0.05) is 76.5 Å². The number of hydrogen-bond donors (Lipinski definition) is 1. The summed E-state index contributed by atoms with van der Waals surface area (Å²) in [6.45, 7) is 2.06. The Morgan fingerprint density at radius 1 is 1.16 bits per heavy atom. The smallest absolute Gasteiger partial charge is 0.350 e. The van der Waals surface area contributed by atoms with E-state index in [1.165, 1.54) is 12.1 Å². The third-order valence-corrected chi connectivity index (χ3v) is 8.85. The molecule has 2 aromatic carbocycles. The van der Waals surface area contributed by atoms with Gasteiger partial charge in [-0.3, -0.25) is 4.57 Å². The van der Waals surface area contributed by atoms with Crippen molar-refractivity contribution in [1.29, 1.82) is 0 Å². The molecule has 2 saturated heterocycles. The number of halogens is 3. The zero-order valence-corrected chi connectivity index (χ0v) is 19.3. The molecule has 10 heteroatoms. The van der Waals surface area contributed by atoms with Gasteiger partial charge in [0.1, 0.15) is 17.5 Å². The summed E-state index contributed by atoms with van der Waals surface area (Å²) in [6, 6.07) is 5.96. The van der Waals surface area contributed by atoms with E-state index in [9.17, 15) is 13.6 Å². The molecular formula is C22H19ClF2N4OS2. The number of rotatable bonds is 2. The molecule has 6 rings (SSSR count). The topological polar surface area (TPSA) is 50.2 Å². The Morgan fingerprint density at radius 3 is 2.69 bits per heavy atom. The largest absolute Gasteiger partial charge is 0.353 e. The van der Waals surface area contributed by atoms with Gasteiger partial charge in [0.15, 0.2) is 0 Å². The molecule has 2 unspecified atom stereocenters. The molecule has 1 aromatic heterocycles. The maximum atomic E-state index is 14.7. The Hall–Kier alpha value is -1.81. The number of anilines is 1. The van der Waals surface area contributed by atoms with Gasteiger partial charge in [-0.05, 0) is 18.2 Å². The van der Waals surface area contributed by atoms with Crippen LogP contribution in [0.25, 0.3) is 22.0 Å². The van der Waals surface area contributed by atoms with Crippen LogP contribution in [0.2, 0.25) is 5.02 Å². The summed E-state index contributed by atoms with van der Waals surface area (Å²) in [4.78, 5) is 20.5. The highest BCUT2D eigenvalue weighted by Gasteiger charge is 2.33. The number of benzene rings is 2. The Kier molecular flexibility index (Phi) is 5.13. The number of nitrogens with zero attached hydrogens (tertiary/aromatic N) is 3. The van der Waals surface area contributed by atoms with Gasteiger partial charge in [-0.25, -0.2) is 13.6 Å². The lowest BCUT2D eigenvalue weighted by Crippen LogP contribution is -2.61. The molecule has 0 spiro atoms. The van der Waals surface area contributed by atoms with E-state index in [2.05, 4.69) is 15.2 Å². The van der Waals surface area contributed by atoms with Crippen LogP contribution in [-0.2, 0) is 6.54 Å². The molecule has 2 bridgehead atoms. The highest BCUT2D eigenvalue weighted by molar-refractivity contribution is 7.99. The van der Waals surface area contributed by atoms with E-state index in [1.54, 1.807) is 22.4 Å². The first kappa shape index (κ1) is 20.8. The summed E-state index contributed by atoms with van der Waals surface area (Å²) in [7, 11) is 0. The highest BCUT2D eigenvalue weighted by Crippen LogP contribution is 2.46. The Bertz CT molecular complexity index is 1310. The van der Waals surface area contributed by atoms with Crippen molar-refractivity contribution < 1.29 is 8.78 Å². The van der Waals surface area contributed by atoms with Crippen LogP contribution in [0.1, 0.15) is 0 Å². The molecule has 32 heavy (non-hydrogen) atoms. The van der Waals surface area contributed by atoms with Gasteiger partial charge in [0.2, 0.25) is 0 Å². The number of fused-ring (bicyclic) bond motifs is 2. The lowest BCUT2D eigenvalue weighted by Gasteiger charge is -2.43. The van der Waals surface area contributed by atoms with Gasteiger partial charge < -0.3 is 10.2 Å². The third-order valence-electron chi connectivity index (χ3n) is 6.20. The molecule has 5 nitrogen and oxygen atoms in total. The predicted molar refractivity (Wildman–Crippen MR) is 127 cm³/mol. The standard InChI is InChI=1S/C22H19ClF2N4OS2/c23-16-6-15-19-20(18(16)14-2-1-11(24)5-17(14)25)32-4-3-29(19)22(30)27-21(15)28-7-12-9-31-10-13(8-28)26-12/h1-2,5-6,12-13,26H,3-4,7-10H2. The molecule has 3 aliphatic heterocycles. The van der Waals surface area contributed by atoms with Crippen LogP contribution in [0.15, 0.2) is 34.0 Å². The van der Waals surface area contributed by atoms with Crippen LogP contribution in [0.3, 0.4) is 0 Å². The minimum absolute atomic E-state index is 0.230. The van der Waals surface area contributed by atoms with E-state index >= 15 is 0 Å².